The number of ether oxygens (including phenoxy) is 1. The molecule has 0 saturated heterocycles. The summed E-state index contributed by atoms with van der Waals surface area (Å²) in [6, 6.07) is 15.6. The maximum Gasteiger partial charge on any atom is 0.228 e. The zero-order valence-corrected chi connectivity index (χ0v) is 19.1. The Hall–Kier alpha value is -4.53. The number of benzene rings is 1. The molecule has 0 aliphatic heterocycles. The summed E-state index contributed by atoms with van der Waals surface area (Å²) >= 11 is 0. The summed E-state index contributed by atoms with van der Waals surface area (Å²) in [7, 11) is 1.81. The van der Waals surface area contributed by atoms with Crippen molar-refractivity contribution >= 4 is 34.0 Å². The van der Waals surface area contributed by atoms with Gasteiger partial charge in [-0.2, -0.15) is 0 Å². The molecule has 0 atom stereocenters. The summed E-state index contributed by atoms with van der Waals surface area (Å²) in [5.41, 5.74) is 2.53. The summed E-state index contributed by atoms with van der Waals surface area (Å²) in [5.74, 6) is 2.52. The van der Waals surface area contributed by atoms with E-state index in [-0.39, 0.29) is 11.8 Å². The van der Waals surface area contributed by atoms with E-state index in [2.05, 4.69) is 20.6 Å². The summed E-state index contributed by atoms with van der Waals surface area (Å²) in [6.45, 7) is 0.469. The Morgan fingerprint density at radius 3 is 2.74 bits per heavy atom. The van der Waals surface area contributed by atoms with Crippen LogP contribution in [0.4, 0.5) is 11.6 Å². The molecule has 1 saturated carbocycles. The van der Waals surface area contributed by atoms with Gasteiger partial charge in [-0.05, 0) is 36.6 Å². The number of amides is 1. The number of fused-ring (bicyclic) bond motifs is 2. The van der Waals surface area contributed by atoms with E-state index in [4.69, 9.17) is 14.8 Å². The molecular weight excluding hydrogens is 442 g/mol. The number of carbonyl (C=O) groups excluding carboxylic acids is 1. The molecule has 1 aliphatic carbocycles. The van der Waals surface area contributed by atoms with Crippen molar-refractivity contribution in [2.75, 3.05) is 17.7 Å². The van der Waals surface area contributed by atoms with Crippen molar-refractivity contribution < 1.29 is 9.53 Å². The molecule has 6 rings (SSSR count). The van der Waals surface area contributed by atoms with Crippen molar-refractivity contribution in [1.29, 1.82) is 0 Å². The standard InChI is InChI=1S/C26H23N7O2/c1-27-24-20-12-28-22(30-26(34)17-7-8-17)11-19(20)21(13-29-24)25-31-23-10-9-18(14-33(23)32-25)35-15-16-5-3-2-4-6-16/h2-6,9-14,17H,7-8,15H2,1H3,(H,27,29)(H,28,30,34). The molecule has 4 aromatic heterocycles. The highest BCUT2D eigenvalue weighted by molar-refractivity contribution is 6.03. The molecule has 174 valence electrons. The van der Waals surface area contributed by atoms with Gasteiger partial charge in [0.2, 0.25) is 5.91 Å². The highest BCUT2D eigenvalue weighted by atomic mass is 16.5. The average Bonchev–Trinajstić information content (AvgIpc) is 3.66. The quantitative estimate of drug-likeness (QED) is 0.369. The van der Waals surface area contributed by atoms with Gasteiger partial charge in [0.25, 0.3) is 0 Å². The molecule has 1 amide bonds. The lowest BCUT2D eigenvalue weighted by Crippen LogP contribution is -2.14. The fourth-order valence-corrected chi connectivity index (χ4v) is 3.96. The lowest BCUT2D eigenvalue weighted by Gasteiger charge is -2.10. The van der Waals surface area contributed by atoms with E-state index in [9.17, 15) is 4.79 Å². The molecule has 0 radical (unpaired) electrons. The van der Waals surface area contributed by atoms with Crippen molar-refractivity contribution in [3.8, 4) is 17.1 Å². The first-order chi connectivity index (χ1) is 17.2. The Morgan fingerprint density at radius 1 is 1.09 bits per heavy atom. The van der Waals surface area contributed by atoms with E-state index in [1.165, 1.54) is 0 Å². The van der Waals surface area contributed by atoms with Crippen molar-refractivity contribution in [2.45, 2.75) is 19.4 Å². The highest BCUT2D eigenvalue weighted by Crippen LogP contribution is 2.33. The molecule has 0 unspecified atom stereocenters. The van der Waals surface area contributed by atoms with Crippen LogP contribution >= 0.6 is 0 Å². The third-order valence-electron chi connectivity index (χ3n) is 6.00. The normalized spacial score (nSPS) is 13.2. The molecular formula is C26H23N7O2. The van der Waals surface area contributed by atoms with E-state index < -0.39 is 0 Å². The number of hydrogen-bond donors (Lipinski definition) is 2. The van der Waals surface area contributed by atoms with Gasteiger partial charge < -0.3 is 15.4 Å². The summed E-state index contributed by atoms with van der Waals surface area (Å²) in [4.78, 5) is 25.9. The fraction of sp³-hybridized carbons (Fsp3) is 0.192. The number of rotatable bonds is 7. The van der Waals surface area contributed by atoms with Crippen LogP contribution in [-0.2, 0) is 11.4 Å². The van der Waals surface area contributed by atoms with Crippen LogP contribution in [0.1, 0.15) is 18.4 Å². The summed E-state index contributed by atoms with van der Waals surface area (Å²) in [6.07, 6.45) is 7.13. The van der Waals surface area contributed by atoms with Crippen molar-refractivity contribution in [1.82, 2.24) is 24.6 Å². The first-order valence-corrected chi connectivity index (χ1v) is 11.5. The monoisotopic (exact) mass is 465 g/mol. The first kappa shape index (κ1) is 21.0. The number of carbonyl (C=O) groups is 1. The zero-order chi connectivity index (χ0) is 23.8. The van der Waals surface area contributed by atoms with E-state index in [1.54, 1.807) is 16.9 Å². The van der Waals surface area contributed by atoms with E-state index in [1.807, 2.05) is 61.8 Å². The summed E-state index contributed by atoms with van der Waals surface area (Å²) < 4.78 is 7.63. The fourth-order valence-electron chi connectivity index (χ4n) is 3.96. The van der Waals surface area contributed by atoms with Gasteiger partial charge in [0, 0.05) is 41.7 Å². The third kappa shape index (κ3) is 4.23. The van der Waals surface area contributed by atoms with Crippen molar-refractivity contribution in [3.05, 3.63) is 72.7 Å². The number of aromatic nitrogens is 5. The van der Waals surface area contributed by atoms with Gasteiger partial charge in [0.15, 0.2) is 11.5 Å². The van der Waals surface area contributed by atoms with Crippen molar-refractivity contribution in [3.63, 3.8) is 0 Å². The van der Waals surface area contributed by atoms with Crippen LogP contribution < -0.4 is 15.4 Å². The minimum absolute atomic E-state index is 0.00943. The second kappa shape index (κ2) is 8.68. The Bertz CT molecular complexity index is 1540. The first-order valence-electron chi connectivity index (χ1n) is 11.5. The molecule has 9 heteroatoms. The predicted molar refractivity (Wildman–Crippen MR) is 133 cm³/mol. The molecule has 4 heterocycles. The Kier molecular flexibility index (Phi) is 5.21. The van der Waals surface area contributed by atoms with Crippen molar-refractivity contribution in [2.24, 2.45) is 5.92 Å². The number of hydrogen-bond acceptors (Lipinski definition) is 7. The minimum atomic E-state index is 0.00943. The molecule has 0 spiro atoms. The molecule has 0 bridgehead atoms. The van der Waals surface area contributed by atoms with Gasteiger partial charge in [0.05, 0.1) is 6.20 Å². The van der Waals surface area contributed by atoms with Gasteiger partial charge in [-0.25, -0.2) is 19.5 Å². The SMILES string of the molecule is CNc1ncc(-c2nc3ccc(OCc4ccccc4)cn3n2)c2cc(NC(=O)C3CC3)ncc12. The summed E-state index contributed by atoms with van der Waals surface area (Å²) in [5, 5.41) is 12.4. The van der Waals surface area contributed by atoms with Gasteiger partial charge >= 0.3 is 0 Å². The van der Waals surface area contributed by atoms with Crippen LogP contribution in [-0.4, -0.2) is 37.5 Å². The Balaban J connectivity index is 1.35. The van der Waals surface area contributed by atoms with Crippen LogP contribution in [0.25, 0.3) is 27.8 Å². The van der Waals surface area contributed by atoms with Crippen LogP contribution in [0.15, 0.2) is 67.1 Å². The maximum atomic E-state index is 12.3. The zero-order valence-electron chi connectivity index (χ0n) is 19.1. The molecule has 1 aromatic carbocycles. The predicted octanol–water partition coefficient (Wildman–Crippen LogP) is 4.31. The number of nitrogens with one attached hydrogen (secondary N) is 2. The van der Waals surface area contributed by atoms with Gasteiger partial charge in [-0.3, -0.25) is 4.79 Å². The van der Waals surface area contributed by atoms with Crippen LogP contribution in [0.5, 0.6) is 5.75 Å². The van der Waals surface area contributed by atoms with Crippen LogP contribution in [0.2, 0.25) is 0 Å². The highest BCUT2D eigenvalue weighted by Gasteiger charge is 2.30. The van der Waals surface area contributed by atoms with E-state index >= 15 is 0 Å². The molecule has 1 aliphatic rings. The molecule has 9 nitrogen and oxygen atoms in total. The molecule has 1 fully saturated rings. The second-order valence-corrected chi connectivity index (χ2v) is 8.53. The lowest BCUT2D eigenvalue weighted by atomic mass is 10.1. The minimum Gasteiger partial charge on any atom is -0.487 e. The van der Waals surface area contributed by atoms with E-state index in [0.717, 1.165) is 34.7 Å². The largest absolute Gasteiger partial charge is 0.487 e. The molecule has 2 N–H and O–H groups in total. The van der Waals surface area contributed by atoms with Gasteiger partial charge in [-0.15, -0.1) is 5.10 Å². The topological polar surface area (TPSA) is 106 Å². The van der Waals surface area contributed by atoms with Crippen LogP contribution in [0.3, 0.4) is 0 Å². The van der Waals surface area contributed by atoms with Gasteiger partial charge in [-0.1, -0.05) is 30.3 Å². The number of anilines is 2. The smallest absolute Gasteiger partial charge is 0.228 e. The third-order valence-corrected chi connectivity index (χ3v) is 6.00. The number of pyridine rings is 3. The maximum absolute atomic E-state index is 12.3. The lowest BCUT2D eigenvalue weighted by molar-refractivity contribution is -0.117. The second-order valence-electron chi connectivity index (χ2n) is 8.53. The van der Waals surface area contributed by atoms with Gasteiger partial charge in [0.1, 0.15) is 24.0 Å². The Labute approximate surface area is 201 Å². The Morgan fingerprint density at radius 2 is 1.94 bits per heavy atom. The van der Waals surface area contributed by atoms with E-state index in [0.29, 0.717) is 35.5 Å². The average molecular weight is 466 g/mol. The van der Waals surface area contributed by atoms with Crippen LogP contribution in [0, 0.1) is 5.92 Å². The number of nitrogens with zero attached hydrogens (tertiary/aromatic N) is 5. The molecule has 5 aromatic rings. The molecule has 35 heavy (non-hydrogen) atoms.